The van der Waals surface area contributed by atoms with E-state index in [0.29, 0.717) is 6.54 Å². The van der Waals surface area contributed by atoms with Gasteiger partial charge in [-0.3, -0.25) is 0 Å². The third kappa shape index (κ3) is 3.17. The molecule has 1 atom stereocenters. The van der Waals surface area contributed by atoms with Gasteiger partial charge in [-0.2, -0.15) is 0 Å². The Morgan fingerprint density at radius 3 is 2.26 bits per heavy atom. The molecule has 0 bridgehead atoms. The fourth-order valence-corrected chi connectivity index (χ4v) is 2.75. The molecule has 2 aromatic rings. The fraction of sp³-hybridized carbons (Fsp3) is 0.294. The van der Waals surface area contributed by atoms with Gasteiger partial charge in [-0.1, -0.05) is 66.6 Å². The van der Waals surface area contributed by atoms with Gasteiger partial charge in [-0.25, -0.2) is 0 Å². The fourth-order valence-electron chi connectivity index (χ4n) is 2.38. The van der Waals surface area contributed by atoms with Gasteiger partial charge in [0.15, 0.2) is 0 Å². The highest BCUT2D eigenvalue weighted by atomic mass is 35.5. The number of aryl methyl sites for hydroxylation is 1. The van der Waals surface area contributed by atoms with Crippen molar-refractivity contribution >= 4 is 11.6 Å². The average Bonchev–Trinajstić information content (AvgIpc) is 2.42. The second-order valence-electron chi connectivity index (χ2n) is 5.41. The first-order valence-electron chi connectivity index (χ1n) is 6.56. The van der Waals surface area contributed by atoms with E-state index >= 15 is 0 Å². The molecule has 0 saturated carbocycles. The van der Waals surface area contributed by atoms with Crippen LogP contribution >= 0.6 is 11.6 Å². The van der Waals surface area contributed by atoms with Gasteiger partial charge in [0, 0.05) is 17.0 Å². The van der Waals surface area contributed by atoms with Gasteiger partial charge in [0.25, 0.3) is 0 Å². The van der Waals surface area contributed by atoms with E-state index < -0.39 is 0 Å². The Kier molecular flexibility index (Phi) is 4.28. The highest BCUT2D eigenvalue weighted by molar-refractivity contribution is 6.31. The maximum absolute atomic E-state index is 6.32. The summed E-state index contributed by atoms with van der Waals surface area (Å²) >= 11 is 6.32. The van der Waals surface area contributed by atoms with Gasteiger partial charge in [0.2, 0.25) is 0 Å². The lowest BCUT2D eigenvalue weighted by atomic mass is 9.77. The summed E-state index contributed by atoms with van der Waals surface area (Å²) in [6, 6.07) is 16.6. The lowest BCUT2D eigenvalue weighted by Gasteiger charge is -2.30. The highest BCUT2D eigenvalue weighted by Gasteiger charge is 2.27. The maximum atomic E-state index is 6.32. The molecule has 0 heterocycles. The van der Waals surface area contributed by atoms with E-state index in [0.717, 1.165) is 17.0 Å². The minimum atomic E-state index is -0.131. The molecule has 1 unspecified atom stereocenters. The third-order valence-electron chi connectivity index (χ3n) is 3.69. The number of halogens is 1. The Bertz CT molecular complexity index is 547. The van der Waals surface area contributed by atoms with Crippen molar-refractivity contribution < 1.29 is 0 Å². The lowest BCUT2D eigenvalue weighted by molar-refractivity contribution is 0.481. The predicted octanol–water partition coefficient (Wildman–Crippen LogP) is 4.11. The SMILES string of the molecule is Cc1ccc(CC(C)(CN)c2ccccc2Cl)cc1. The van der Waals surface area contributed by atoms with Crippen molar-refractivity contribution in [3.05, 3.63) is 70.2 Å². The molecule has 19 heavy (non-hydrogen) atoms. The predicted molar refractivity (Wildman–Crippen MR) is 82.7 cm³/mol. The number of hydrogen-bond donors (Lipinski definition) is 1. The van der Waals surface area contributed by atoms with Gasteiger partial charge in [-0.15, -0.1) is 0 Å². The molecule has 0 radical (unpaired) electrons. The number of hydrogen-bond acceptors (Lipinski definition) is 1. The first kappa shape index (κ1) is 14.1. The van der Waals surface area contributed by atoms with Crippen LogP contribution in [-0.4, -0.2) is 6.54 Å². The first-order valence-corrected chi connectivity index (χ1v) is 6.93. The minimum absolute atomic E-state index is 0.131. The molecule has 0 spiro atoms. The Labute approximate surface area is 120 Å². The van der Waals surface area contributed by atoms with Crippen molar-refractivity contribution in [2.75, 3.05) is 6.54 Å². The van der Waals surface area contributed by atoms with Gasteiger partial charge in [-0.05, 0) is 30.5 Å². The van der Waals surface area contributed by atoms with E-state index in [9.17, 15) is 0 Å². The Morgan fingerprint density at radius 1 is 1.05 bits per heavy atom. The Balaban J connectivity index is 2.33. The molecule has 0 aliphatic heterocycles. The van der Waals surface area contributed by atoms with Crippen molar-refractivity contribution in [2.45, 2.75) is 25.7 Å². The molecule has 100 valence electrons. The maximum Gasteiger partial charge on any atom is 0.0444 e. The number of nitrogens with two attached hydrogens (primary N) is 1. The van der Waals surface area contributed by atoms with Crippen molar-refractivity contribution in [1.29, 1.82) is 0 Å². The van der Waals surface area contributed by atoms with Crippen LogP contribution in [0.15, 0.2) is 48.5 Å². The number of benzene rings is 2. The molecule has 0 aromatic heterocycles. The van der Waals surface area contributed by atoms with Crippen LogP contribution in [0.2, 0.25) is 5.02 Å². The first-order chi connectivity index (χ1) is 9.05. The minimum Gasteiger partial charge on any atom is -0.330 e. The summed E-state index contributed by atoms with van der Waals surface area (Å²) in [4.78, 5) is 0. The molecule has 0 saturated heterocycles. The standard InChI is InChI=1S/C17H20ClN/c1-13-7-9-14(10-8-13)11-17(2,12-19)15-5-3-4-6-16(15)18/h3-10H,11-12,19H2,1-2H3. The van der Waals surface area contributed by atoms with Crippen LogP contribution in [0.25, 0.3) is 0 Å². The van der Waals surface area contributed by atoms with E-state index in [-0.39, 0.29) is 5.41 Å². The molecular formula is C17H20ClN. The Morgan fingerprint density at radius 2 is 1.68 bits per heavy atom. The largest absolute Gasteiger partial charge is 0.330 e. The van der Waals surface area contributed by atoms with Crippen LogP contribution < -0.4 is 5.73 Å². The average molecular weight is 274 g/mol. The van der Waals surface area contributed by atoms with Crippen molar-refractivity contribution in [3.8, 4) is 0 Å². The molecule has 2 aromatic carbocycles. The quantitative estimate of drug-likeness (QED) is 0.891. The van der Waals surface area contributed by atoms with Crippen LogP contribution in [-0.2, 0) is 11.8 Å². The molecule has 2 rings (SSSR count). The highest BCUT2D eigenvalue weighted by Crippen LogP contribution is 2.32. The monoisotopic (exact) mass is 273 g/mol. The Hall–Kier alpha value is -1.31. The van der Waals surface area contributed by atoms with Crippen LogP contribution in [0, 0.1) is 6.92 Å². The van der Waals surface area contributed by atoms with E-state index in [1.54, 1.807) is 0 Å². The summed E-state index contributed by atoms with van der Waals surface area (Å²) in [5.74, 6) is 0. The summed E-state index contributed by atoms with van der Waals surface area (Å²) in [6.07, 6.45) is 0.896. The van der Waals surface area contributed by atoms with Gasteiger partial charge in [0.05, 0.1) is 0 Å². The van der Waals surface area contributed by atoms with E-state index in [1.165, 1.54) is 11.1 Å². The zero-order valence-corrected chi connectivity index (χ0v) is 12.2. The summed E-state index contributed by atoms with van der Waals surface area (Å²) in [5, 5.41) is 0.794. The summed E-state index contributed by atoms with van der Waals surface area (Å²) in [6.45, 7) is 4.85. The lowest BCUT2D eigenvalue weighted by Crippen LogP contribution is -2.34. The van der Waals surface area contributed by atoms with Crippen LogP contribution in [0.5, 0.6) is 0 Å². The summed E-state index contributed by atoms with van der Waals surface area (Å²) in [5.41, 5.74) is 9.58. The van der Waals surface area contributed by atoms with Crippen molar-refractivity contribution in [3.63, 3.8) is 0 Å². The third-order valence-corrected chi connectivity index (χ3v) is 4.02. The summed E-state index contributed by atoms with van der Waals surface area (Å²) in [7, 11) is 0. The molecule has 0 aliphatic carbocycles. The van der Waals surface area contributed by atoms with E-state index in [2.05, 4.69) is 44.2 Å². The van der Waals surface area contributed by atoms with E-state index in [4.69, 9.17) is 17.3 Å². The van der Waals surface area contributed by atoms with E-state index in [1.807, 2.05) is 18.2 Å². The molecule has 0 aliphatic rings. The van der Waals surface area contributed by atoms with Crippen LogP contribution in [0.4, 0.5) is 0 Å². The van der Waals surface area contributed by atoms with Gasteiger partial charge in [0.1, 0.15) is 0 Å². The second-order valence-corrected chi connectivity index (χ2v) is 5.81. The second kappa shape index (κ2) is 5.77. The zero-order valence-electron chi connectivity index (χ0n) is 11.5. The molecule has 1 nitrogen and oxygen atoms in total. The number of rotatable bonds is 4. The molecule has 0 fully saturated rings. The van der Waals surface area contributed by atoms with Gasteiger partial charge >= 0.3 is 0 Å². The molecule has 2 N–H and O–H groups in total. The molecular weight excluding hydrogens is 254 g/mol. The van der Waals surface area contributed by atoms with Gasteiger partial charge < -0.3 is 5.73 Å². The summed E-state index contributed by atoms with van der Waals surface area (Å²) < 4.78 is 0. The van der Waals surface area contributed by atoms with Crippen molar-refractivity contribution in [2.24, 2.45) is 5.73 Å². The van der Waals surface area contributed by atoms with Crippen LogP contribution in [0.1, 0.15) is 23.6 Å². The van der Waals surface area contributed by atoms with Crippen LogP contribution in [0.3, 0.4) is 0 Å². The topological polar surface area (TPSA) is 26.0 Å². The normalized spacial score (nSPS) is 14.1. The zero-order chi connectivity index (χ0) is 13.9. The smallest absolute Gasteiger partial charge is 0.0444 e. The molecule has 2 heteroatoms. The molecule has 0 amide bonds. The van der Waals surface area contributed by atoms with Crippen molar-refractivity contribution in [1.82, 2.24) is 0 Å².